The molecule has 1 atom stereocenters. The van der Waals surface area contributed by atoms with E-state index in [4.69, 9.17) is 10.5 Å². The average molecular weight is 284 g/mol. The van der Waals surface area contributed by atoms with Gasteiger partial charge in [-0.1, -0.05) is 29.8 Å². The second kappa shape index (κ2) is 6.64. The first-order chi connectivity index (χ1) is 10.1. The molecule has 0 heterocycles. The lowest BCUT2D eigenvalue weighted by atomic mass is 9.94. The van der Waals surface area contributed by atoms with Gasteiger partial charge in [0.25, 0.3) is 0 Å². The van der Waals surface area contributed by atoms with E-state index in [0.29, 0.717) is 6.54 Å². The van der Waals surface area contributed by atoms with Gasteiger partial charge in [0.1, 0.15) is 5.75 Å². The third kappa shape index (κ3) is 3.37. The number of benzene rings is 2. The van der Waals surface area contributed by atoms with Crippen molar-refractivity contribution in [3.8, 4) is 5.75 Å². The van der Waals surface area contributed by atoms with Crippen molar-refractivity contribution in [2.45, 2.75) is 26.8 Å². The summed E-state index contributed by atoms with van der Waals surface area (Å²) < 4.78 is 5.40. The van der Waals surface area contributed by atoms with Gasteiger partial charge in [-0.2, -0.15) is 0 Å². The van der Waals surface area contributed by atoms with Gasteiger partial charge < -0.3 is 15.8 Å². The van der Waals surface area contributed by atoms with Crippen LogP contribution < -0.4 is 15.8 Å². The van der Waals surface area contributed by atoms with Crippen molar-refractivity contribution in [1.29, 1.82) is 0 Å². The summed E-state index contributed by atoms with van der Waals surface area (Å²) in [5.41, 5.74) is 12.1. The highest BCUT2D eigenvalue weighted by molar-refractivity contribution is 5.58. The first-order valence-corrected chi connectivity index (χ1v) is 7.24. The van der Waals surface area contributed by atoms with Crippen LogP contribution in [-0.2, 0) is 0 Å². The van der Waals surface area contributed by atoms with Crippen LogP contribution in [0.4, 0.5) is 5.69 Å². The number of nitrogens with two attached hydrogens (primary N) is 1. The Morgan fingerprint density at radius 3 is 2.29 bits per heavy atom. The van der Waals surface area contributed by atoms with E-state index in [1.807, 2.05) is 24.3 Å². The van der Waals surface area contributed by atoms with Crippen molar-refractivity contribution in [1.82, 2.24) is 0 Å². The van der Waals surface area contributed by atoms with Gasteiger partial charge in [0, 0.05) is 6.54 Å². The molecule has 0 aromatic heterocycles. The Bertz CT molecular complexity index is 599. The molecule has 0 aliphatic rings. The number of methoxy groups -OCH3 is 1. The third-order valence-corrected chi connectivity index (χ3v) is 3.76. The molecule has 0 saturated carbocycles. The summed E-state index contributed by atoms with van der Waals surface area (Å²) in [4.78, 5) is 0. The van der Waals surface area contributed by atoms with Crippen LogP contribution in [0, 0.1) is 20.8 Å². The normalized spacial score (nSPS) is 12.0. The number of para-hydroxylation sites is 2. The quantitative estimate of drug-likeness (QED) is 0.879. The van der Waals surface area contributed by atoms with Crippen molar-refractivity contribution in [2.24, 2.45) is 5.73 Å². The van der Waals surface area contributed by atoms with E-state index in [1.165, 1.54) is 22.3 Å². The minimum absolute atomic E-state index is 0.0712. The fourth-order valence-corrected chi connectivity index (χ4v) is 2.94. The number of ether oxygens (including phenoxy) is 1. The zero-order valence-electron chi connectivity index (χ0n) is 13.2. The van der Waals surface area contributed by atoms with Crippen molar-refractivity contribution in [3.63, 3.8) is 0 Å². The molecule has 0 fully saturated rings. The molecular formula is C18H24N2O. The van der Waals surface area contributed by atoms with E-state index in [1.54, 1.807) is 7.11 Å². The maximum absolute atomic E-state index is 6.02. The molecule has 2 rings (SSSR count). The van der Waals surface area contributed by atoms with Crippen LogP contribution >= 0.6 is 0 Å². The second-order valence-corrected chi connectivity index (χ2v) is 5.45. The van der Waals surface area contributed by atoms with Crippen LogP contribution in [0.15, 0.2) is 36.4 Å². The Morgan fingerprint density at radius 1 is 1.10 bits per heavy atom. The lowest BCUT2D eigenvalue weighted by Crippen LogP contribution is -2.22. The zero-order chi connectivity index (χ0) is 15.4. The van der Waals surface area contributed by atoms with Crippen LogP contribution in [0.3, 0.4) is 0 Å². The second-order valence-electron chi connectivity index (χ2n) is 5.45. The number of hydrogen-bond acceptors (Lipinski definition) is 3. The summed E-state index contributed by atoms with van der Waals surface area (Å²) in [5.74, 6) is 0.832. The smallest absolute Gasteiger partial charge is 0.141 e. The molecule has 112 valence electrons. The first kappa shape index (κ1) is 15.4. The van der Waals surface area contributed by atoms with Gasteiger partial charge in [-0.15, -0.1) is 0 Å². The number of hydrogen-bond donors (Lipinski definition) is 2. The van der Waals surface area contributed by atoms with Crippen LogP contribution in [0.2, 0.25) is 0 Å². The zero-order valence-corrected chi connectivity index (χ0v) is 13.2. The minimum Gasteiger partial charge on any atom is -0.495 e. The van der Waals surface area contributed by atoms with E-state index >= 15 is 0 Å². The van der Waals surface area contributed by atoms with Gasteiger partial charge in [-0.05, 0) is 49.6 Å². The minimum atomic E-state index is 0.0712. The van der Waals surface area contributed by atoms with E-state index in [2.05, 4.69) is 38.2 Å². The van der Waals surface area contributed by atoms with Crippen molar-refractivity contribution < 1.29 is 4.74 Å². The van der Waals surface area contributed by atoms with Crippen LogP contribution in [0.25, 0.3) is 0 Å². The summed E-state index contributed by atoms with van der Waals surface area (Å²) in [6.45, 7) is 6.93. The molecule has 3 N–H and O–H groups in total. The third-order valence-electron chi connectivity index (χ3n) is 3.76. The van der Waals surface area contributed by atoms with E-state index in [9.17, 15) is 0 Å². The highest BCUT2D eigenvalue weighted by Crippen LogP contribution is 2.30. The van der Waals surface area contributed by atoms with Gasteiger partial charge in [-0.3, -0.25) is 0 Å². The van der Waals surface area contributed by atoms with Crippen molar-refractivity contribution >= 4 is 5.69 Å². The molecule has 0 aliphatic carbocycles. The predicted octanol–water partition coefficient (Wildman–Crippen LogP) is 3.73. The topological polar surface area (TPSA) is 47.3 Å². The summed E-state index contributed by atoms with van der Waals surface area (Å²) in [6.07, 6.45) is 0. The Morgan fingerprint density at radius 2 is 1.71 bits per heavy atom. The van der Waals surface area contributed by atoms with Crippen molar-refractivity contribution in [3.05, 3.63) is 58.7 Å². The molecule has 3 heteroatoms. The molecule has 1 unspecified atom stereocenters. The summed E-state index contributed by atoms with van der Waals surface area (Å²) in [6, 6.07) is 12.4. The standard InChI is InChI=1S/C18H24N2O/c1-12-9-13(2)18(14(3)10-12)16(11-19)20-15-7-5-6-8-17(15)21-4/h5-10,16,20H,11,19H2,1-4H3. The molecule has 3 nitrogen and oxygen atoms in total. The number of aryl methyl sites for hydroxylation is 3. The predicted molar refractivity (Wildman–Crippen MR) is 89.1 cm³/mol. The molecule has 0 amide bonds. The monoisotopic (exact) mass is 284 g/mol. The van der Waals surface area contributed by atoms with Gasteiger partial charge >= 0.3 is 0 Å². The maximum Gasteiger partial charge on any atom is 0.141 e. The van der Waals surface area contributed by atoms with Crippen LogP contribution in [0.5, 0.6) is 5.75 Å². The van der Waals surface area contributed by atoms with E-state index in [-0.39, 0.29) is 6.04 Å². The van der Waals surface area contributed by atoms with Crippen LogP contribution in [-0.4, -0.2) is 13.7 Å². The highest BCUT2D eigenvalue weighted by atomic mass is 16.5. The lowest BCUT2D eigenvalue weighted by Gasteiger charge is -2.24. The molecule has 0 saturated heterocycles. The van der Waals surface area contributed by atoms with Gasteiger partial charge in [0.2, 0.25) is 0 Å². The van der Waals surface area contributed by atoms with Gasteiger partial charge in [-0.25, -0.2) is 0 Å². The number of nitrogens with one attached hydrogen (secondary N) is 1. The molecule has 2 aromatic rings. The fourth-order valence-electron chi connectivity index (χ4n) is 2.94. The molecule has 0 spiro atoms. The summed E-state index contributed by atoms with van der Waals surface area (Å²) >= 11 is 0. The average Bonchev–Trinajstić information content (AvgIpc) is 2.45. The molecule has 2 aromatic carbocycles. The SMILES string of the molecule is COc1ccccc1NC(CN)c1c(C)cc(C)cc1C. The lowest BCUT2D eigenvalue weighted by molar-refractivity contribution is 0.416. The largest absolute Gasteiger partial charge is 0.495 e. The highest BCUT2D eigenvalue weighted by Gasteiger charge is 2.16. The van der Waals surface area contributed by atoms with E-state index in [0.717, 1.165) is 11.4 Å². The van der Waals surface area contributed by atoms with Gasteiger partial charge in [0.15, 0.2) is 0 Å². The first-order valence-electron chi connectivity index (χ1n) is 7.24. The Balaban J connectivity index is 2.37. The summed E-state index contributed by atoms with van der Waals surface area (Å²) in [5, 5.41) is 3.52. The molecule has 21 heavy (non-hydrogen) atoms. The van der Waals surface area contributed by atoms with Crippen LogP contribution in [0.1, 0.15) is 28.3 Å². The van der Waals surface area contributed by atoms with E-state index < -0.39 is 0 Å². The number of rotatable bonds is 5. The number of anilines is 1. The Labute approximate surface area is 127 Å². The molecule has 0 bridgehead atoms. The maximum atomic E-state index is 6.02. The Kier molecular flexibility index (Phi) is 4.86. The molecule has 0 radical (unpaired) electrons. The van der Waals surface area contributed by atoms with Gasteiger partial charge in [0.05, 0.1) is 18.8 Å². The molecule has 0 aliphatic heterocycles. The molecular weight excluding hydrogens is 260 g/mol. The summed E-state index contributed by atoms with van der Waals surface area (Å²) in [7, 11) is 1.68. The Hall–Kier alpha value is -2.00. The van der Waals surface area contributed by atoms with Crippen molar-refractivity contribution in [2.75, 3.05) is 19.0 Å². The fraction of sp³-hybridized carbons (Fsp3) is 0.333.